The SMILES string of the molecule is Cc1ccccc1-c1nc(Cl)c(C)nc1C. The lowest BCUT2D eigenvalue weighted by molar-refractivity contribution is 1.06. The van der Waals surface area contributed by atoms with E-state index in [1.807, 2.05) is 32.0 Å². The molecular formula is C13H13ClN2. The number of rotatable bonds is 1. The standard InChI is InChI=1S/C13H13ClN2/c1-8-6-4-5-7-11(8)12-9(2)15-10(3)13(14)16-12/h4-7H,1-3H3. The van der Waals surface area contributed by atoms with Crippen LogP contribution in [-0.4, -0.2) is 9.97 Å². The molecule has 0 fully saturated rings. The molecule has 2 aromatic rings. The van der Waals surface area contributed by atoms with Crippen LogP contribution in [0.1, 0.15) is 17.0 Å². The van der Waals surface area contributed by atoms with Gasteiger partial charge in [0.15, 0.2) is 5.15 Å². The normalized spacial score (nSPS) is 10.5. The average molecular weight is 233 g/mol. The molecule has 0 bridgehead atoms. The zero-order chi connectivity index (χ0) is 11.7. The van der Waals surface area contributed by atoms with Gasteiger partial charge in [0.05, 0.1) is 17.1 Å². The zero-order valence-electron chi connectivity index (χ0n) is 9.58. The predicted octanol–water partition coefficient (Wildman–Crippen LogP) is 3.72. The highest BCUT2D eigenvalue weighted by Gasteiger charge is 2.10. The van der Waals surface area contributed by atoms with Gasteiger partial charge in [-0.05, 0) is 26.3 Å². The van der Waals surface area contributed by atoms with Crippen molar-refractivity contribution in [2.45, 2.75) is 20.8 Å². The van der Waals surface area contributed by atoms with Gasteiger partial charge in [-0.2, -0.15) is 0 Å². The molecule has 0 atom stereocenters. The topological polar surface area (TPSA) is 25.8 Å². The zero-order valence-corrected chi connectivity index (χ0v) is 10.3. The van der Waals surface area contributed by atoms with Crippen LogP contribution in [0.25, 0.3) is 11.3 Å². The minimum atomic E-state index is 0.476. The first-order valence-corrected chi connectivity index (χ1v) is 5.54. The van der Waals surface area contributed by atoms with Crippen molar-refractivity contribution >= 4 is 11.6 Å². The summed E-state index contributed by atoms with van der Waals surface area (Å²) in [6.45, 7) is 5.88. The lowest BCUT2D eigenvalue weighted by atomic mass is 10.0. The molecule has 1 aromatic heterocycles. The third-order valence-corrected chi connectivity index (χ3v) is 2.94. The van der Waals surface area contributed by atoms with Crippen molar-refractivity contribution in [1.82, 2.24) is 9.97 Å². The molecule has 1 aromatic carbocycles. The minimum Gasteiger partial charge on any atom is -0.253 e. The molecule has 0 radical (unpaired) electrons. The first-order valence-electron chi connectivity index (χ1n) is 5.16. The summed E-state index contributed by atoms with van der Waals surface area (Å²) in [5, 5.41) is 0.476. The van der Waals surface area contributed by atoms with E-state index < -0.39 is 0 Å². The molecule has 0 amide bonds. The highest BCUT2D eigenvalue weighted by molar-refractivity contribution is 6.30. The van der Waals surface area contributed by atoms with Crippen LogP contribution in [0.5, 0.6) is 0 Å². The first-order chi connectivity index (χ1) is 7.59. The Balaban J connectivity index is 2.65. The summed E-state index contributed by atoms with van der Waals surface area (Å²) in [7, 11) is 0. The van der Waals surface area contributed by atoms with Gasteiger partial charge in [-0.3, -0.25) is 4.98 Å². The van der Waals surface area contributed by atoms with Crippen molar-refractivity contribution in [2.75, 3.05) is 0 Å². The maximum absolute atomic E-state index is 6.01. The molecule has 0 aliphatic carbocycles. The van der Waals surface area contributed by atoms with Crippen LogP contribution in [0.15, 0.2) is 24.3 Å². The van der Waals surface area contributed by atoms with Gasteiger partial charge in [0, 0.05) is 5.56 Å². The highest BCUT2D eigenvalue weighted by Crippen LogP contribution is 2.25. The van der Waals surface area contributed by atoms with Gasteiger partial charge in [-0.15, -0.1) is 0 Å². The second-order valence-electron chi connectivity index (χ2n) is 3.85. The molecule has 0 saturated carbocycles. The second kappa shape index (κ2) is 4.22. The van der Waals surface area contributed by atoms with E-state index in [2.05, 4.69) is 23.0 Å². The molecule has 3 heteroatoms. The molecular weight excluding hydrogens is 220 g/mol. The lowest BCUT2D eigenvalue weighted by Crippen LogP contribution is -1.97. The Bertz CT molecular complexity index is 535. The third-order valence-electron chi connectivity index (χ3n) is 2.59. The summed E-state index contributed by atoms with van der Waals surface area (Å²) < 4.78 is 0. The number of aryl methyl sites for hydroxylation is 3. The maximum atomic E-state index is 6.01. The Morgan fingerprint density at radius 2 is 1.62 bits per heavy atom. The Labute approximate surface area is 100 Å². The van der Waals surface area contributed by atoms with E-state index in [1.54, 1.807) is 0 Å². The number of aromatic nitrogens is 2. The molecule has 0 saturated heterocycles. The summed E-state index contributed by atoms with van der Waals surface area (Å²) in [6.07, 6.45) is 0. The van der Waals surface area contributed by atoms with E-state index in [4.69, 9.17) is 11.6 Å². The van der Waals surface area contributed by atoms with Crippen LogP contribution >= 0.6 is 11.6 Å². The van der Waals surface area contributed by atoms with E-state index >= 15 is 0 Å². The Hall–Kier alpha value is -1.41. The second-order valence-corrected chi connectivity index (χ2v) is 4.21. The van der Waals surface area contributed by atoms with Crippen molar-refractivity contribution in [1.29, 1.82) is 0 Å². The summed E-state index contributed by atoms with van der Waals surface area (Å²) in [6, 6.07) is 8.11. The Kier molecular flexibility index (Phi) is 2.92. The Morgan fingerprint density at radius 3 is 2.31 bits per heavy atom. The fourth-order valence-electron chi connectivity index (χ4n) is 1.70. The summed E-state index contributed by atoms with van der Waals surface area (Å²) >= 11 is 6.01. The number of hydrogen-bond donors (Lipinski definition) is 0. The lowest BCUT2D eigenvalue weighted by Gasteiger charge is -2.09. The Morgan fingerprint density at radius 1 is 0.938 bits per heavy atom. The van der Waals surface area contributed by atoms with Crippen LogP contribution in [0.2, 0.25) is 5.15 Å². The van der Waals surface area contributed by atoms with Crippen molar-refractivity contribution < 1.29 is 0 Å². The van der Waals surface area contributed by atoms with Gasteiger partial charge in [-0.1, -0.05) is 35.9 Å². The molecule has 2 nitrogen and oxygen atoms in total. The van der Waals surface area contributed by atoms with Crippen molar-refractivity contribution in [2.24, 2.45) is 0 Å². The first kappa shape index (κ1) is 11.1. The van der Waals surface area contributed by atoms with Gasteiger partial charge < -0.3 is 0 Å². The molecule has 0 aliphatic rings. The van der Waals surface area contributed by atoms with Gasteiger partial charge in [0.1, 0.15) is 0 Å². The van der Waals surface area contributed by atoms with Crippen LogP contribution in [0.4, 0.5) is 0 Å². The number of hydrogen-bond acceptors (Lipinski definition) is 2. The van der Waals surface area contributed by atoms with Crippen LogP contribution in [0.3, 0.4) is 0 Å². The van der Waals surface area contributed by atoms with Gasteiger partial charge in [0.25, 0.3) is 0 Å². The molecule has 0 spiro atoms. The number of nitrogens with zero attached hydrogens (tertiary/aromatic N) is 2. The molecule has 2 rings (SSSR count). The van der Waals surface area contributed by atoms with Gasteiger partial charge in [-0.25, -0.2) is 4.98 Å². The van der Waals surface area contributed by atoms with E-state index in [0.29, 0.717) is 5.15 Å². The van der Waals surface area contributed by atoms with Gasteiger partial charge >= 0.3 is 0 Å². The van der Waals surface area contributed by atoms with Crippen molar-refractivity contribution in [3.05, 3.63) is 46.4 Å². The predicted molar refractivity (Wildman–Crippen MR) is 66.7 cm³/mol. The fraction of sp³-hybridized carbons (Fsp3) is 0.231. The maximum Gasteiger partial charge on any atom is 0.150 e. The van der Waals surface area contributed by atoms with E-state index in [-0.39, 0.29) is 0 Å². The molecule has 0 aliphatic heterocycles. The van der Waals surface area contributed by atoms with E-state index in [1.165, 1.54) is 5.56 Å². The third kappa shape index (κ3) is 1.93. The molecule has 16 heavy (non-hydrogen) atoms. The summed E-state index contributed by atoms with van der Waals surface area (Å²) in [5.41, 5.74) is 4.83. The van der Waals surface area contributed by atoms with E-state index in [0.717, 1.165) is 22.6 Å². The quantitative estimate of drug-likeness (QED) is 0.749. The molecule has 82 valence electrons. The molecule has 1 heterocycles. The monoisotopic (exact) mass is 232 g/mol. The minimum absolute atomic E-state index is 0.476. The smallest absolute Gasteiger partial charge is 0.150 e. The average Bonchev–Trinajstić information content (AvgIpc) is 2.25. The van der Waals surface area contributed by atoms with Crippen molar-refractivity contribution in [3.8, 4) is 11.3 Å². The molecule has 0 N–H and O–H groups in total. The number of halogens is 1. The highest BCUT2D eigenvalue weighted by atomic mass is 35.5. The van der Waals surface area contributed by atoms with E-state index in [9.17, 15) is 0 Å². The fourth-order valence-corrected chi connectivity index (χ4v) is 1.83. The van der Waals surface area contributed by atoms with Crippen molar-refractivity contribution in [3.63, 3.8) is 0 Å². The van der Waals surface area contributed by atoms with Crippen LogP contribution in [-0.2, 0) is 0 Å². The summed E-state index contributed by atoms with van der Waals surface area (Å²) in [5.74, 6) is 0. The van der Waals surface area contributed by atoms with Crippen LogP contribution in [0, 0.1) is 20.8 Å². The number of benzene rings is 1. The largest absolute Gasteiger partial charge is 0.253 e. The summed E-state index contributed by atoms with van der Waals surface area (Å²) in [4.78, 5) is 8.80. The molecule has 0 unspecified atom stereocenters. The van der Waals surface area contributed by atoms with Crippen LogP contribution < -0.4 is 0 Å². The van der Waals surface area contributed by atoms with Gasteiger partial charge in [0.2, 0.25) is 0 Å².